The fraction of sp³-hybridized carbons (Fsp3) is 0.0909. The van der Waals surface area contributed by atoms with E-state index in [1.165, 1.54) is 0 Å². The van der Waals surface area contributed by atoms with E-state index in [4.69, 9.17) is 6.64 Å². The average Bonchev–Trinajstić information content (AvgIpc) is 3.53. The summed E-state index contributed by atoms with van der Waals surface area (Å²) in [5, 5.41) is 0. The monoisotopic (exact) mass is 532 g/mol. The summed E-state index contributed by atoms with van der Waals surface area (Å²) in [6.07, 6.45) is 5.16. The molecule has 4 aromatic rings. The predicted octanol–water partition coefficient (Wildman–Crippen LogP) is 7.36. The van der Waals surface area contributed by atoms with Crippen LogP contribution in [0.1, 0.15) is 57.8 Å². The number of hydrogen-bond acceptors (Lipinski definition) is 4. The van der Waals surface area contributed by atoms with Crippen LogP contribution in [-0.2, 0) is 24.0 Å². The number of carbonyl (C=O) groups excluding carboxylic acids is 2. The molecule has 38 heavy (non-hydrogen) atoms. The molecule has 184 valence electrons. The van der Waals surface area contributed by atoms with E-state index < -0.39 is 29.3 Å². The Labute approximate surface area is 225 Å². The zero-order valence-corrected chi connectivity index (χ0v) is 22.1. The van der Waals surface area contributed by atoms with Gasteiger partial charge in [-0.05, 0) is 0 Å². The van der Waals surface area contributed by atoms with Gasteiger partial charge >= 0.3 is 226 Å². The SMILES string of the molecule is O=C([O][Ti]1([O]C(=O)c2ccccc2)[CH]2C(=Cc3ccccc32)CC2=Cc3ccccc3[CH]21)c1ccccc1. The van der Waals surface area contributed by atoms with Gasteiger partial charge in [0.25, 0.3) is 0 Å². The molecule has 4 nitrogen and oxygen atoms in total. The van der Waals surface area contributed by atoms with Gasteiger partial charge in [-0.15, -0.1) is 0 Å². The maximum absolute atomic E-state index is 13.8. The van der Waals surface area contributed by atoms with E-state index in [0.29, 0.717) is 11.1 Å². The molecule has 0 radical (unpaired) electrons. The molecule has 1 heterocycles. The van der Waals surface area contributed by atoms with Gasteiger partial charge in [-0.2, -0.15) is 0 Å². The van der Waals surface area contributed by atoms with Crippen LogP contribution in [-0.4, -0.2) is 11.9 Å². The molecule has 2 unspecified atom stereocenters. The van der Waals surface area contributed by atoms with Crippen molar-refractivity contribution in [2.45, 2.75) is 14.9 Å². The van der Waals surface area contributed by atoms with Gasteiger partial charge in [-0.3, -0.25) is 0 Å². The molecular formula is C33H24O4Ti. The third-order valence-electron chi connectivity index (χ3n) is 7.77. The van der Waals surface area contributed by atoms with Crippen molar-refractivity contribution in [2.24, 2.45) is 0 Å². The second-order valence-corrected chi connectivity index (χ2v) is 14.7. The zero-order chi connectivity index (χ0) is 25.7. The molecule has 7 rings (SSSR count). The predicted molar refractivity (Wildman–Crippen MR) is 143 cm³/mol. The Morgan fingerprint density at radius 2 is 0.947 bits per heavy atom. The normalized spacial score (nSPS) is 19.7. The van der Waals surface area contributed by atoms with Gasteiger partial charge in [0.2, 0.25) is 0 Å². The molecule has 0 bridgehead atoms. The Balaban J connectivity index is 1.46. The molecule has 1 aliphatic heterocycles. The zero-order valence-electron chi connectivity index (χ0n) is 20.5. The first-order valence-electron chi connectivity index (χ1n) is 12.8. The Bertz CT molecular complexity index is 1520. The van der Waals surface area contributed by atoms with Gasteiger partial charge in [0, 0.05) is 0 Å². The van der Waals surface area contributed by atoms with Crippen molar-refractivity contribution in [3.05, 3.63) is 154 Å². The van der Waals surface area contributed by atoms with Gasteiger partial charge in [0.1, 0.15) is 0 Å². The summed E-state index contributed by atoms with van der Waals surface area (Å²) in [5.74, 6) is -0.887. The number of fused-ring (bicyclic) bond motifs is 6. The number of hydrogen-bond donors (Lipinski definition) is 0. The van der Waals surface area contributed by atoms with Gasteiger partial charge in [0.05, 0.1) is 0 Å². The standard InChI is InChI=1S/C19H14.2C7H6O2.Ti/c1-2-6-17-11-14(10-16(17)5-1)9-15-12-18-7-3-4-8-19(18)13-15;2*8-7(9)6-4-2-1-3-5-6;/h1-8,10-13H,9H2;2*1-5H,(H,8,9);/q;;;+2/p-2. The molecule has 4 aromatic carbocycles. The second-order valence-electron chi connectivity index (χ2n) is 9.97. The van der Waals surface area contributed by atoms with Crippen molar-refractivity contribution in [1.29, 1.82) is 0 Å². The topological polar surface area (TPSA) is 52.6 Å². The van der Waals surface area contributed by atoms with Crippen molar-refractivity contribution in [3.8, 4) is 0 Å². The first-order chi connectivity index (χ1) is 18.6. The minimum absolute atomic E-state index is 0.250. The molecule has 0 saturated carbocycles. The molecule has 2 aliphatic carbocycles. The molecule has 0 N–H and O–H groups in total. The summed E-state index contributed by atoms with van der Waals surface area (Å²) in [4.78, 5) is 27.7. The summed E-state index contributed by atoms with van der Waals surface area (Å²) in [7, 11) is 0. The second kappa shape index (κ2) is 9.09. The maximum atomic E-state index is 13.8. The van der Waals surface area contributed by atoms with E-state index >= 15 is 0 Å². The van der Waals surface area contributed by atoms with Crippen LogP contribution in [0.2, 0.25) is 0 Å². The van der Waals surface area contributed by atoms with Gasteiger partial charge in [0.15, 0.2) is 0 Å². The van der Waals surface area contributed by atoms with Crippen LogP contribution < -0.4 is 0 Å². The molecule has 0 spiro atoms. The molecule has 0 aromatic heterocycles. The Morgan fingerprint density at radius 3 is 1.39 bits per heavy atom. The summed E-state index contributed by atoms with van der Waals surface area (Å²) in [6.45, 7) is 0. The van der Waals surface area contributed by atoms with Crippen LogP contribution in [0.4, 0.5) is 0 Å². The van der Waals surface area contributed by atoms with E-state index in [-0.39, 0.29) is 8.45 Å². The van der Waals surface area contributed by atoms with E-state index in [0.717, 1.165) is 39.8 Å². The molecule has 1 fully saturated rings. The van der Waals surface area contributed by atoms with E-state index in [2.05, 4.69) is 36.4 Å². The molecule has 1 saturated heterocycles. The van der Waals surface area contributed by atoms with Gasteiger partial charge in [-0.25, -0.2) is 0 Å². The summed E-state index contributed by atoms with van der Waals surface area (Å²) in [5.41, 5.74) is 7.57. The molecule has 3 aliphatic rings. The van der Waals surface area contributed by atoms with Crippen LogP contribution in [0.3, 0.4) is 0 Å². The van der Waals surface area contributed by atoms with Crippen molar-refractivity contribution >= 4 is 24.1 Å². The Hall–Kier alpha value is -3.99. The summed E-state index contributed by atoms with van der Waals surface area (Å²) >= 11 is -4.53. The van der Waals surface area contributed by atoms with Gasteiger partial charge < -0.3 is 0 Å². The van der Waals surface area contributed by atoms with Crippen molar-refractivity contribution in [1.82, 2.24) is 0 Å². The minimum atomic E-state index is -4.53. The fourth-order valence-corrected chi connectivity index (χ4v) is 13.2. The third-order valence-corrected chi connectivity index (χ3v) is 14.0. The Kier molecular flexibility index (Phi) is 5.54. The first kappa shape index (κ1) is 23.2. The van der Waals surface area contributed by atoms with Crippen LogP contribution in [0.25, 0.3) is 12.2 Å². The first-order valence-corrected chi connectivity index (χ1v) is 15.9. The van der Waals surface area contributed by atoms with Gasteiger partial charge in [-0.1, -0.05) is 0 Å². The quantitative estimate of drug-likeness (QED) is 0.258. The van der Waals surface area contributed by atoms with Crippen LogP contribution in [0.15, 0.2) is 120 Å². The van der Waals surface area contributed by atoms with E-state index in [9.17, 15) is 9.59 Å². The van der Waals surface area contributed by atoms with Crippen molar-refractivity contribution < 1.29 is 33.6 Å². The number of allylic oxidation sites excluding steroid dienone is 2. The fourth-order valence-electron chi connectivity index (χ4n) is 6.25. The Morgan fingerprint density at radius 1 is 0.553 bits per heavy atom. The van der Waals surface area contributed by atoms with E-state index in [1.807, 2.05) is 60.7 Å². The molecule has 0 amide bonds. The van der Waals surface area contributed by atoms with Crippen LogP contribution >= 0.6 is 0 Å². The average molecular weight is 532 g/mol. The van der Waals surface area contributed by atoms with Crippen molar-refractivity contribution in [3.63, 3.8) is 0 Å². The molecule has 5 heteroatoms. The molecular weight excluding hydrogens is 508 g/mol. The third kappa shape index (κ3) is 3.64. The molecule has 2 atom stereocenters. The van der Waals surface area contributed by atoms with Crippen LogP contribution in [0.5, 0.6) is 0 Å². The van der Waals surface area contributed by atoms with E-state index in [1.54, 1.807) is 24.3 Å². The number of benzene rings is 4. The van der Waals surface area contributed by atoms with Crippen LogP contribution in [0, 0.1) is 0 Å². The summed E-state index contributed by atoms with van der Waals surface area (Å²) < 4.78 is 12.9. The summed E-state index contributed by atoms with van der Waals surface area (Å²) in [6, 6.07) is 34.4. The van der Waals surface area contributed by atoms with Crippen molar-refractivity contribution in [2.75, 3.05) is 0 Å². The number of rotatable bonds is 4. The number of carbonyl (C=O) groups is 2.